The third-order valence-corrected chi connectivity index (χ3v) is 3.98. The first kappa shape index (κ1) is 17.9. The van der Waals surface area contributed by atoms with Crippen molar-refractivity contribution in [3.63, 3.8) is 0 Å². The van der Waals surface area contributed by atoms with Crippen LogP contribution in [0.4, 0.5) is 14.9 Å². The maximum absolute atomic E-state index is 13.1. The van der Waals surface area contributed by atoms with Crippen LogP contribution in [0.15, 0.2) is 53.1 Å². The van der Waals surface area contributed by atoms with Crippen LogP contribution in [-0.2, 0) is 6.42 Å². The Kier molecular flexibility index (Phi) is 5.53. The van der Waals surface area contributed by atoms with Crippen molar-refractivity contribution in [2.75, 3.05) is 11.9 Å². The van der Waals surface area contributed by atoms with Gasteiger partial charge in [0.05, 0.1) is 10.7 Å². The molecule has 2 aromatic carbocycles. The average Bonchev–Trinajstić information content (AvgIpc) is 3.08. The summed E-state index contributed by atoms with van der Waals surface area (Å²) < 4.78 is 18.6. The molecule has 7 heteroatoms. The molecule has 2 amide bonds. The third kappa shape index (κ3) is 4.61. The number of halogens is 2. The fourth-order valence-corrected chi connectivity index (χ4v) is 2.48. The Hall–Kier alpha value is -2.86. The molecule has 0 aliphatic rings. The highest BCUT2D eigenvalue weighted by Gasteiger charge is 2.08. The summed E-state index contributed by atoms with van der Waals surface area (Å²) in [5.41, 5.74) is 3.22. The molecular weight excluding hydrogens is 357 g/mol. The van der Waals surface area contributed by atoms with Crippen LogP contribution in [0.5, 0.6) is 0 Å². The summed E-state index contributed by atoms with van der Waals surface area (Å²) in [7, 11) is 0. The van der Waals surface area contributed by atoms with E-state index in [9.17, 15) is 9.18 Å². The van der Waals surface area contributed by atoms with Gasteiger partial charge in [-0.25, -0.2) is 14.2 Å². The summed E-state index contributed by atoms with van der Waals surface area (Å²) >= 11 is 5.68. The molecule has 134 valence electrons. The lowest BCUT2D eigenvalue weighted by atomic mass is 10.1. The number of nitrogens with one attached hydrogen (secondary N) is 2. The van der Waals surface area contributed by atoms with Gasteiger partial charge in [0.1, 0.15) is 12.1 Å². The second-order valence-corrected chi connectivity index (χ2v) is 6.18. The van der Waals surface area contributed by atoms with Gasteiger partial charge in [0.15, 0.2) is 0 Å². The number of amides is 2. The van der Waals surface area contributed by atoms with E-state index in [0.29, 0.717) is 24.5 Å². The molecular formula is C19H17ClFN3O2. The molecule has 0 spiro atoms. The molecule has 0 saturated heterocycles. The number of rotatable bonds is 5. The Labute approximate surface area is 155 Å². The zero-order valence-corrected chi connectivity index (χ0v) is 14.8. The van der Waals surface area contributed by atoms with Gasteiger partial charge in [-0.3, -0.25) is 0 Å². The molecule has 2 N–H and O–H groups in total. The van der Waals surface area contributed by atoms with Crippen LogP contribution < -0.4 is 10.6 Å². The van der Waals surface area contributed by atoms with E-state index < -0.39 is 11.8 Å². The zero-order valence-electron chi connectivity index (χ0n) is 14.1. The minimum Gasteiger partial charge on any atom is -0.444 e. The van der Waals surface area contributed by atoms with Gasteiger partial charge in [0.25, 0.3) is 0 Å². The summed E-state index contributed by atoms with van der Waals surface area (Å²) in [4.78, 5) is 16.3. The Morgan fingerprint density at radius 2 is 2.00 bits per heavy atom. The largest absolute Gasteiger partial charge is 0.444 e. The second kappa shape index (κ2) is 8.01. The summed E-state index contributed by atoms with van der Waals surface area (Å²) in [6, 6.07) is 11.5. The number of nitrogens with zero attached hydrogens (tertiary/aromatic N) is 1. The van der Waals surface area contributed by atoms with Crippen molar-refractivity contribution in [2.45, 2.75) is 13.3 Å². The summed E-state index contributed by atoms with van der Waals surface area (Å²) in [6.07, 6.45) is 2.10. The van der Waals surface area contributed by atoms with Crippen molar-refractivity contribution in [1.29, 1.82) is 0 Å². The maximum atomic E-state index is 13.1. The lowest BCUT2D eigenvalue weighted by molar-refractivity contribution is 0.252. The molecule has 0 atom stereocenters. The number of aryl methyl sites for hydroxylation is 1. The van der Waals surface area contributed by atoms with Crippen LogP contribution in [0.1, 0.15) is 11.3 Å². The minimum atomic E-state index is -0.534. The zero-order chi connectivity index (χ0) is 18.5. The van der Waals surface area contributed by atoms with Gasteiger partial charge in [0.2, 0.25) is 5.89 Å². The predicted molar refractivity (Wildman–Crippen MR) is 98.8 cm³/mol. The van der Waals surface area contributed by atoms with Gasteiger partial charge < -0.3 is 15.1 Å². The number of oxazole rings is 1. The number of aromatic nitrogens is 1. The van der Waals surface area contributed by atoms with E-state index in [-0.39, 0.29) is 5.02 Å². The van der Waals surface area contributed by atoms with Crippen LogP contribution >= 0.6 is 11.6 Å². The van der Waals surface area contributed by atoms with E-state index in [4.69, 9.17) is 16.0 Å². The number of benzene rings is 2. The molecule has 1 aromatic heterocycles. The van der Waals surface area contributed by atoms with Gasteiger partial charge in [-0.2, -0.15) is 0 Å². The Morgan fingerprint density at radius 1 is 1.23 bits per heavy atom. The van der Waals surface area contributed by atoms with Crippen molar-refractivity contribution in [1.82, 2.24) is 10.3 Å². The van der Waals surface area contributed by atoms with Crippen molar-refractivity contribution < 1.29 is 13.6 Å². The first-order valence-electron chi connectivity index (χ1n) is 8.02. The Balaban J connectivity index is 1.49. The van der Waals surface area contributed by atoms with Gasteiger partial charge in [-0.1, -0.05) is 29.3 Å². The fourth-order valence-electron chi connectivity index (χ4n) is 2.30. The van der Waals surface area contributed by atoms with Gasteiger partial charge in [0, 0.05) is 24.2 Å². The summed E-state index contributed by atoms with van der Waals surface area (Å²) in [5, 5.41) is 5.24. The summed E-state index contributed by atoms with van der Waals surface area (Å²) in [6.45, 7) is 2.39. The predicted octanol–water partition coefficient (Wildman–Crippen LogP) is 4.81. The number of hydrogen-bond donors (Lipinski definition) is 2. The highest BCUT2D eigenvalue weighted by molar-refractivity contribution is 6.31. The highest BCUT2D eigenvalue weighted by Crippen LogP contribution is 2.20. The number of carbonyl (C=O) groups excluding carboxylic acids is 1. The number of anilines is 1. The van der Waals surface area contributed by atoms with Crippen molar-refractivity contribution in [3.8, 4) is 11.5 Å². The van der Waals surface area contributed by atoms with E-state index in [1.54, 1.807) is 6.26 Å². The topological polar surface area (TPSA) is 67.2 Å². The van der Waals surface area contributed by atoms with E-state index in [0.717, 1.165) is 16.8 Å². The first-order chi connectivity index (χ1) is 12.5. The van der Waals surface area contributed by atoms with E-state index >= 15 is 0 Å². The molecule has 5 nitrogen and oxygen atoms in total. The normalized spacial score (nSPS) is 10.6. The summed E-state index contributed by atoms with van der Waals surface area (Å²) in [5.74, 6) is 0.0124. The Bertz CT molecular complexity index is 909. The SMILES string of the molecule is Cc1ccc(-c2nc(CCNC(=O)Nc3ccc(F)c(Cl)c3)co2)cc1. The van der Waals surface area contributed by atoms with Crippen molar-refractivity contribution >= 4 is 23.3 Å². The van der Waals surface area contributed by atoms with E-state index in [2.05, 4.69) is 15.6 Å². The van der Waals surface area contributed by atoms with E-state index in [1.807, 2.05) is 31.2 Å². The Morgan fingerprint density at radius 3 is 2.73 bits per heavy atom. The van der Waals surface area contributed by atoms with Crippen LogP contribution in [0.25, 0.3) is 11.5 Å². The molecule has 0 unspecified atom stereocenters. The van der Waals surface area contributed by atoms with Crippen LogP contribution in [0.2, 0.25) is 5.02 Å². The first-order valence-corrected chi connectivity index (χ1v) is 8.40. The van der Waals surface area contributed by atoms with Crippen LogP contribution in [0.3, 0.4) is 0 Å². The fraction of sp³-hybridized carbons (Fsp3) is 0.158. The smallest absolute Gasteiger partial charge is 0.319 e. The molecule has 26 heavy (non-hydrogen) atoms. The molecule has 3 rings (SSSR count). The highest BCUT2D eigenvalue weighted by atomic mass is 35.5. The molecule has 3 aromatic rings. The van der Waals surface area contributed by atoms with Crippen molar-refractivity contribution in [3.05, 3.63) is 70.8 Å². The van der Waals surface area contributed by atoms with E-state index in [1.165, 1.54) is 18.2 Å². The standard InChI is InChI=1S/C19H17ClFN3O2/c1-12-2-4-13(5-3-12)18-23-15(11-26-18)8-9-22-19(25)24-14-6-7-17(21)16(20)10-14/h2-7,10-11H,8-9H2,1H3,(H2,22,24,25). The van der Waals surface area contributed by atoms with Gasteiger partial charge in [-0.15, -0.1) is 0 Å². The minimum absolute atomic E-state index is 0.0472. The third-order valence-electron chi connectivity index (χ3n) is 3.69. The lowest BCUT2D eigenvalue weighted by Crippen LogP contribution is -2.30. The molecule has 0 fully saturated rings. The molecule has 1 heterocycles. The average molecular weight is 374 g/mol. The molecule has 0 bridgehead atoms. The number of hydrogen-bond acceptors (Lipinski definition) is 3. The molecule has 0 aliphatic heterocycles. The van der Waals surface area contributed by atoms with Gasteiger partial charge in [-0.05, 0) is 37.3 Å². The maximum Gasteiger partial charge on any atom is 0.319 e. The van der Waals surface area contributed by atoms with Crippen molar-refractivity contribution in [2.24, 2.45) is 0 Å². The van der Waals surface area contributed by atoms with Crippen LogP contribution in [-0.4, -0.2) is 17.6 Å². The quantitative estimate of drug-likeness (QED) is 0.674. The molecule has 0 aliphatic carbocycles. The van der Waals surface area contributed by atoms with Crippen LogP contribution in [0, 0.1) is 12.7 Å². The lowest BCUT2D eigenvalue weighted by Gasteiger charge is -2.07. The van der Waals surface area contributed by atoms with Gasteiger partial charge >= 0.3 is 6.03 Å². The second-order valence-electron chi connectivity index (χ2n) is 5.77. The number of carbonyl (C=O) groups is 1. The number of urea groups is 1. The monoisotopic (exact) mass is 373 g/mol. The molecule has 0 saturated carbocycles. The molecule has 0 radical (unpaired) electrons.